The zero-order chi connectivity index (χ0) is 14.9. The molecule has 1 atom stereocenters. The summed E-state index contributed by atoms with van der Waals surface area (Å²) in [5.74, 6) is -0.274. The smallest absolute Gasteiger partial charge is 0.243 e. The second kappa shape index (κ2) is 5.59. The fourth-order valence-corrected chi connectivity index (χ4v) is 4.00. The zero-order valence-corrected chi connectivity index (χ0v) is 12.5. The highest BCUT2D eigenvalue weighted by molar-refractivity contribution is 7.89. The first kappa shape index (κ1) is 15.1. The van der Waals surface area contributed by atoms with Crippen LogP contribution in [0.3, 0.4) is 0 Å². The number of nitrogens with zero attached hydrogens (tertiary/aromatic N) is 1. The summed E-state index contributed by atoms with van der Waals surface area (Å²) in [6, 6.07) is 3.46. The summed E-state index contributed by atoms with van der Waals surface area (Å²) in [7, 11) is -3.76. The van der Waals surface area contributed by atoms with E-state index in [1.807, 2.05) is 0 Å². The average Bonchev–Trinajstić information content (AvgIpc) is 2.41. The van der Waals surface area contributed by atoms with Crippen LogP contribution >= 0.6 is 11.6 Å². The van der Waals surface area contributed by atoms with Gasteiger partial charge in [-0.2, -0.15) is 4.31 Å². The average molecular weight is 318 g/mol. The number of hydrogen-bond acceptors (Lipinski definition) is 4. The molecular formula is C12H16ClN3O3S. The third-order valence-corrected chi connectivity index (χ3v) is 5.49. The van der Waals surface area contributed by atoms with Crippen molar-refractivity contribution in [1.82, 2.24) is 9.62 Å². The maximum Gasteiger partial charge on any atom is 0.243 e. The van der Waals surface area contributed by atoms with Crippen molar-refractivity contribution in [2.75, 3.05) is 18.8 Å². The van der Waals surface area contributed by atoms with Crippen LogP contribution < -0.4 is 11.1 Å². The maximum absolute atomic E-state index is 12.6. The number of anilines is 1. The number of carbonyl (C=O) groups is 1. The molecule has 1 aromatic carbocycles. The molecule has 6 nitrogen and oxygen atoms in total. The number of nitrogens with two attached hydrogens (primary N) is 1. The summed E-state index contributed by atoms with van der Waals surface area (Å²) in [5, 5.41) is 2.96. The molecule has 2 rings (SSSR count). The van der Waals surface area contributed by atoms with Crippen LogP contribution in [-0.4, -0.2) is 37.8 Å². The van der Waals surface area contributed by atoms with Crippen molar-refractivity contribution in [3.05, 3.63) is 23.2 Å². The van der Waals surface area contributed by atoms with E-state index in [2.05, 4.69) is 5.32 Å². The number of piperazine rings is 1. The molecule has 1 amide bonds. The Balaban J connectivity index is 2.42. The lowest BCUT2D eigenvalue weighted by molar-refractivity contribution is -0.126. The fourth-order valence-electron chi connectivity index (χ4n) is 2.19. The standard InChI is InChI=1S/C12H16ClN3O3S/c1-2-11-12(17)15-5-6-16(11)20(18,19)8-3-4-9(13)10(14)7-8/h3-4,7,11H,2,5-6,14H2,1H3,(H,15,17). The topological polar surface area (TPSA) is 92.5 Å². The minimum Gasteiger partial charge on any atom is -0.397 e. The van der Waals surface area contributed by atoms with Gasteiger partial charge in [0.2, 0.25) is 15.9 Å². The maximum atomic E-state index is 12.6. The largest absolute Gasteiger partial charge is 0.397 e. The Kier molecular flexibility index (Phi) is 4.22. The van der Waals surface area contributed by atoms with Gasteiger partial charge < -0.3 is 11.1 Å². The van der Waals surface area contributed by atoms with Gasteiger partial charge in [0.1, 0.15) is 6.04 Å². The van der Waals surface area contributed by atoms with E-state index >= 15 is 0 Å². The highest BCUT2D eigenvalue weighted by atomic mass is 35.5. The first-order valence-corrected chi connectivity index (χ1v) is 8.04. The Labute approximate surface area is 122 Å². The second-order valence-electron chi connectivity index (χ2n) is 4.51. The predicted octanol–water partition coefficient (Wildman–Crippen LogP) is 0.821. The molecule has 0 aliphatic carbocycles. The molecule has 1 aromatic rings. The summed E-state index contributed by atoms with van der Waals surface area (Å²) in [4.78, 5) is 11.8. The molecular weight excluding hydrogens is 302 g/mol. The molecule has 1 unspecified atom stereocenters. The van der Waals surface area contributed by atoms with Gasteiger partial charge in [-0.3, -0.25) is 4.79 Å². The van der Waals surface area contributed by atoms with Crippen molar-refractivity contribution in [1.29, 1.82) is 0 Å². The monoisotopic (exact) mass is 317 g/mol. The van der Waals surface area contributed by atoms with Crippen molar-refractivity contribution in [3.63, 3.8) is 0 Å². The predicted molar refractivity (Wildman–Crippen MR) is 76.8 cm³/mol. The SMILES string of the molecule is CCC1C(=O)NCCN1S(=O)(=O)c1ccc(Cl)c(N)c1. The minimum absolute atomic E-state index is 0.0487. The number of amides is 1. The molecule has 3 N–H and O–H groups in total. The van der Waals surface area contributed by atoms with Gasteiger partial charge in [-0.15, -0.1) is 0 Å². The molecule has 110 valence electrons. The van der Waals surface area contributed by atoms with Crippen LogP contribution in [0.5, 0.6) is 0 Å². The number of carbonyl (C=O) groups excluding carboxylic acids is 1. The lowest BCUT2D eigenvalue weighted by Gasteiger charge is -2.33. The number of benzene rings is 1. The Morgan fingerprint density at radius 1 is 1.50 bits per heavy atom. The summed E-state index contributed by atoms with van der Waals surface area (Å²) in [5.41, 5.74) is 5.84. The quantitative estimate of drug-likeness (QED) is 0.807. The normalized spacial score (nSPS) is 20.7. The number of nitrogens with one attached hydrogen (secondary N) is 1. The van der Waals surface area contributed by atoms with E-state index in [4.69, 9.17) is 17.3 Å². The Morgan fingerprint density at radius 2 is 2.20 bits per heavy atom. The molecule has 1 heterocycles. The Bertz CT molecular complexity index is 633. The van der Waals surface area contributed by atoms with Gasteiger partial charge in [0.05, 0.1) is 15.6 Å². The molecule has 0 saturated carbocycles. The van der Waals surface area contributed by atoms with E-state index in [9.17, 15) is 13.2 Å². The summed E-state index contributed by atoms with van der Waals surface area (Å²) >= 11 is 5.80. The van der Waals surface area contributed by atoms with Crippen molar-refractivity contribution in [2.24, 2.45) is 0 Å². The molecule has 1 fully saturated rings. The number of sulfonamides is 1. The van der Waals surface area contributed by atoms with Crippen molar-refractivity contribution in [2.45, 2.75) is 24.3 Å². The van der Waals surface area contributed by atoms with E-state index in [1.165, 1.54) is 22.5 Å². The molecule has 0 bridgehead atoms. The summed E-state index contributed by atoms with van der Waals surface area (Å²) < 4.78 is 26.4. The Hall–Kier alpha value is -1.31. The van der Waals surface area contributed by atoms with Crippen molar-refractivity contribution in [3.8, 4) is 0 Å². The van der Waals surface area contributed by atoms with Gasteiger partial charge >= 0.3 is 0 Å². The van der Waals surface area contributed by atoms with Crippen LogP contribution in [0.4, 0.5) is 5.69 Å². The third kappa shape index (κ3) is 2.61. The highest BCUT2D eigenvalue weighted by Crippen LogP contribution is 2.26. The number of nitrogen functional groups attached to an aromatic ring is 1. The van der Waals surface area contributed by atoms with E-state index < -0.39 is 16.1 Å². The molecule has 8 heteroatoms. The molecule has 0 radical (unpaired) electrons. The van der Waals surface area contributed by atoms with Gasteiger partial charge in [-0.1, -0.05) is 18.5 Å². The van der Waals surface area contributed by atoms with E-state index in [0.29, 0.717) is 18.0 Å². The van der Waals surface area contributed by atoms with Crippen LogP contribution in [0.2, 0.25) is 5.02 Å². The first-order valence-electron chi connectivity index (χ1n) is 6.22. The fraction of sp³-hybridized carbons (Fsp3) is 0.417. The van der Waals surface area contributed by atoms with Gasteiger partial charge in [0, 0.05) is 13.1 Å². The van der Waals surface area contributed by atoms with Crippen molar-refractivity contribution >= 4 is 33.2 Å². The summed E-state index contributed by atoms with van der Waals surface area (Å²) in [6.07, 6.45) is 0.411. The van der Waals surface area contributed by atoms with Crippen LogP contribution in [0, 0.1) is 0 Å². The van der Waals surface area contributed by atoms with Crippen LogP contribution in [0.1, 0.15) is 13.3 Å². The van der Waals surface area contributed by atoms with Crippen LogP contribution in [0.15, 0.2) is 23.1 Å². The first-order chi connectivity index (χ1) is 9.37. The molecule has 0 aromatic heterocycles. The zero-order valence-electron chi connectivity index (χ0n) is 11.0. The van der Waals surface area contributed by atoms with E-state index in [-0.39, 0.29) is 23.0 Å². The van der Waals surface area contributed by atoms with Crippen LogP contribution in [0.25, 0.3) is 0 Å². The van der Waals surface area contributed by atoms with Crippen molar-refractivity contribution < 1.29 is 13.2 Å². The number of rotatable bonds is 3. The summed E-state index contributed by atoms with van der Waals surface area (Å²) in [6.45, 7) is 2.32. The molecule has 20 heavy (non-hydrogen) atoms. The van der Waals surface area contributed by atoms with E-state index in [0.717, 1.165) is 0 Å². The van der Waals surface area contributed by atoms with Crippen LogP contribution in [-0.2, 0) is 14.8 Å². The molecule has 0 spiro atoms. The van der Waals surface area contributed by atoms with Gasteiger partial charge in [-0.05, 0) is 24.6 Å². The van der Waals surface area contributed by atoms with Gasteiger partial charge in [0.15, 0.2) is 0 Å². The molecule has 1 aliphatic heterocycles. The van der Waals surface area contributed by atoms with Gasteiger partial charge in [-0.25, -0.2) is 8.42 Å². The highest BCUT2D eigenvalue weighted by Gasteiger charge is 2.37. The van der Waals surface area contributed by atoms with Gasteiger partial charge in [0.25, 0.3) is 0 Å². The second-order valence-corrected chi connectivity index (χ2v) is 6.81. The number of hydrogen-bond donors (Lipinski definition) is 2. The lowest BCUT2D eigenvalue weighted by atomic mass is 10.2. The molecule has 1 aliphatic rings. The molecule has 1 saturated heterocycles. The number of halogens is 1. The Morgan fingerprint density at radius 3 is 2.80 bits per heavy atom. The third-order valence-electron chi connectivity index (χ3n) is 3.24. The lowest BCUT2D eigenvalue weighted by Crippen LogP contribution is -2.56. The minimum atomic E-state index is -3.76. The van der Waals surface area contributed by atoms with E-state index in [1.54, 1.807) is 6.92 Å².